The maximum Gasteiger partial charge on any atom is 0.238 e. The number of halogens is 1. The number of primary sulfonamides is 1. The second-order valence-electron chi connectivity index (χ2n) is 7.96. The minimum Gasteiger partial charge on any atom is -0.367 e. The van der Waals surface area contributed by atoms with E-state index in [1.165, 1.54) is 12.1 Å². The van der Waals surface area contributed by atoms with Gasteiger partial charge >= 0.3 is 0 Å². The van der Waals surface area contributed by atoms with Crippen LogP contribution in [0.1, 0.15) is 44.0 Å². The lowest BCUT2D eigenvalue weighted by Crippen LogP contribution is -2.45. The van der Waals surface area contributed by atoms with E-state index in [1.54, 1.807) is 29.0 Å². The van der Waals surface area contributed by atoms with Gasteiger partial charge in [0, 0.05) is 17.3 Å². The molecule has 0 amide bonds. The Bertz CT molecular complexity index is 1300. The smallest absolute Gasteiger partial charge is 0.238 e. The molecular formula is C20H21FN6O3S. The van der Waals surface area contributed by atoms with Crippen LogP contribution in [-0.2, 0) is 15.6 Å². The molecule has 1 aliphatic heterocycles. The van der Waals surface area contributed by atoms with Crippen LogP contribution >= 0.6 is 0 Å². The van der Waals surface area contributed by atoms with Crippen LogP contribution in [0.2, 0.25) is 0 Å². The summed E-state index contributed by atoms with van der Waals surface area (Å²) >= 11 is 0. The highest BCUT2D eigenvalue weighted by molar-refractivity contribution is 7.89. The molecule has 1 fully saturated rings. The van der Waals surface area contributed by atoms with E-state index >= 15 is 4.39 Å². The molecule has 9 nitrogen and oxygen atoms in total. The zero-order valence-electron chi connectivity index (χ0n) is 16.5. The van der Waals surface area contributed by atoms with Crippen molar-refractivity contribution in [3.63, 3.8) is 0 Å². The maximum atomic E-state index is 15.1. The summed E-state index contributed by atoms with van der Waals surface area (Å²) in [7, 11) is -3.78. The lowest BCUT2D eigenvalue weighted by atomic mass is 9.80. The van der Waals surface area contributed by atoms with Gasteiger partial charge in [0.15, 0.2) is 6.23 Å². The van der Waals surface area contributed by atoms with E-state index in [4.69, 9.17) is 5.14 Å². The lowest BCUT2D eigenvalue weighted by Gasteiger charge is -2.41. The largest absolute Gasteiger partial charge is 0.367 e. The number of hydrogen-bond acceptors (Lipinski definition) is 7. The topological polar surface area (TPSA) is 135 Å². The Kier molecular flexibility index (Phi) is 4.57. The Morgan fingerprint density at radius 2 is 1.90 bits per heavy atom. The highest BCUT2D eigenvalue weighted by atomic mass is 32.2. The summed E-state index contributed by atoms with van der Waals surface area (Å²) < 4.78 is 39.7. The number of aliphatic hydroxyl groups is 1. The van der Waals surface area contributed by atoms with Gasteiger partial charge in [0.05, 0.1) is 10.6 Å². The molecule has 3 heterocycles. The third-order valence-electron chi connectivity index (χ3n) is 6.00. The standard InChI is InChI=1S/C20H21FN6O3S/c21-18-20(8-2-1-3-9-20)27-15(17(28)26-18)10-12-11-23-19(25-16(12)27)24-13-4-6-14(7-5-13)31(22,29)30/h4-7,10-11,17,28H,1-3,8-9H2,(H2,22,29,30)(H,23,24,25). The number of rotatable bonds is 3. The second-order valence-corrected chi connectivity index (χ2v) is 9.52. The van der Waals surface area contributed by atoms with Crippen LogP contribution in [0.3, 0.4) is 0 Å². The van der Waals surface area contributed by atoms with Crippen LogP contribution in [0.25, 0.3) is 11.0 Å². The van der Waals surface area contributed by atoms with Gasteiger partial charge in [0.1, 0.15) is 11.2 Å². The molecule has 31 heavy (non-hydrogen) atoms. The number of nitrogens with one attached hydrogen (secondary N) is 1. The predicted molar refractivity (Wildman–Crippen MR) is 113 cm³/mol. The van der Waals surface area contributed by atoms with E-state index in [-0.39, 0.29) is 10.8 Å². The Morgan fingerprint density at radius 1 is 1.19 bits per heavy atom. The third kappa shape index (κ3) is 3.29. The van der Waals surface area contributed by atoms with E-state index in [2.05, 4.69) is 20.3 Å². The third-order valence-corrected chi connectivity index (χ3v) is 6.93. The first kappa shape index (κ1) is 20.0. The molecule has 0 bridgehead atoms. The zero-order chi connectivity index (χ0) is 21.8. The summed E-state index contributed by atoms with van der Waals surface area (Å²) in [6.07, 6.45) is 4.26. The summed E-state index contributed by atoms with van der Waals surface area (Å²) in [6, 6.07) is 7.62. The molecule has 0 radical (unpaired) electrons. The summed E-state index contributed by atoms with van der Waals surface area (Å²) in [4.78, 5) is 12.8. The fourth-order valence-electron chi connectivity index (χ4n) is 4.52. The van der Waals surface area contributed by atoms with Crippen LogP contribution in [0, 0.1) is 0 Å². The van der Waals surface area contributed by atoms with Gasteiger partial charge in [0.25, 0.3) is 0 Å². The molecule has 1 aliphatic carbocycles. The number of benzene rings is 1. The van der Waals surface area contributed by atoms with E-state index in [1.807, 2.05) is 0 Å². The molecule has 0 saturated heterocycles. The van der Waals surface area contributed by atoms with Crippen molar-refractivity contribution in [1.82, 2.24) is 14.5 Å². The number of hydrogen-bond donors (Lipinski definition) is 3. The van der Waals surface area contributed by atoms with E-state index < -0.39 is 27.8 Å². The first-order valence-corrected chi connectivity index (χ1v) is 11.5. The number of sulfonamides is 1. The molecule has 11 heteroatoms. The molecule has 4 N–H and O–H groups in total. The SMILES string of the molecule is NS(=O)(=O)c1ccc(Nc2ncc3cc4n(c3n2)C2(CCCCC2)C(F)=NC4O)cc1. The van der Waals surface area contributed by atoms with Gasteiger partial charge in [-0.25, -0.2) is 23.5 Å². The van der Waals surface area contributed by atoms with Crippen molar-refractivity contribution in [3.05, 3.63) is 42.2 Å². The van der Waals surface area contributed by atoms with Crippen molar-refractivity contribution in [2.45, 2.75) is 48.8 Å². The zero-order valence-corrected chi connectivity index (χ0v) is 17.3. The summed E-state index contributed by atoms with van der Waals surface area (Å²) in [5.41, 5.74) is 0.649. The van der Waals surface area contributed by atoms with Crippen molar-refractivity contribution >= 4 is 38.7 Å². The Labute approximate surface area is 177 Å². The molecule has 2 aromatic heterocycles. The minimum absolute atomic E-state index is 0.00179. The molecule has 3 aromatic rings. The fourth-order valence-corrected chi connectivity index (χ4v) is 5.03. The van der Waals surface area contributed by atoms with Gasteiger partial charge in [0.2, 0.25) is 21.9 Å². The second kappa shape index (κ2) is 7.08. The molecule has 2 aliphatic rings. The summed E-state index contributed by atoms with van der Waals surface area (Å²) in [5, 5.41) is 19.2. The van der Waals surface area contributed by atoms with Crippen molar-refractivity contribution in [3.8, 4) is 0 Å². The summed E-state index contributed by atoms with van der Waals surface area (Å²) in [5.74, 6) is -0.295. The van der Waals surface area contributed by atoms with Gasteiger partial charge in [-0.15, -0.1) is 0 Å². The van der Waals surface area contributed by atoms with Gasteiger partial charge in [-0.05, 0) is 43.2 Å². The molecule has 5 rings (SSSR count). The number of nitrogens with zero attached hydrogens (tertiary/aromatic N) is 4. The van der Waals surface area contributed by atoms with Crippen molar-refractivity contribution < 1.29 is 17.9 Å². The van der Waals surface area contributed by atoms with Crippen molar-refractivity contribution in [1.29, 1.82) is 0 Å². The normalized spacial score (nSPS) is 20.5. The Hall–Kier alpha value is -2.89. The molecule has 1 spiro atoms. The van der Waals surface area contributed by atoms with Crippen molar-refractivity contribution in [2.24, 2.45) is 10.1 Å². The number of aliphatic imine (C=N–C) groups is 1. The molecular weight excluding hydrogens is 423 g/mol. The Morgan fingerprint density at radius 3 is 2.58 bits per heavy atom. The van der Waals surface area contributed by atoms with Crippen LogP contribution in [0.4, 0.5) is 16.0 Å². The van der Waals surface area contributed by atoms with E-state index in [0.717, 1.165) is 19.3 Å². The number of aliphatic hydroxyl groups excluding tert-OH is 1. The van der Waals surface area contributed by atoms with Gasteiger partial charge in [-0.2, -0.15) is 9.37 Å². The van der Waals surface area contributed by atoms with Crippen molar-refractivity contribution in [2.75, 3.05) is 5.32 Å². The highest BCUT2D eigenvalue weighted by Gasteiger charge is 2.46. The van der Waals surface area contributed by atoms with E-state index in [0.29, 0.717) is 35.3 Å². The number of nitrogens with two attached hydrogens (primary N) is 1. The summed E-state index contributed by atoms with van der Waals surface area (Å²) in [6.45, 7) is 0. The Balaban J connectivity index is 1.57. The van der Waals surface area contributed by atoms with Crippen LogP contribution < -0.4 is 10.5 Å². The highest BCUT2D eigenvalue weighted by Crippen LogP contribution is 2.45. The molecule has 1 aromatic carbocycles. The molecule has 162 valence electrons. The van der Waals surface area contributed by atoms with Gasteiger partial charge in [-0.1, -0.05) is 19.3 Å². The quantitative estimate of drug-likeness (QED) is 0.568. The van der Waals surface area contributed by atoms with Gasteiger partial charge < -0.3 is 15.0 Å². The number of aromatic nitrogens is 3. The molecule has 1 unspecified atom stereocenters. The number of fused-ring (bicyclic) bond motifs is 4. The first-order chi connectivity index (χ1) is 14.8. The predicted octanol–water partition coefficient (Wildman–Crippen LogP) is 2.85. The van der Waals surface area contributed by atoms with Gasteiger partial charge in [-0.3, -0.25) is 0 Å². The average Bonchev–Trinajstić information content (AvgIpc) is 3.13. The van der Waals surface area contributed by atoms with Crippen LogP contribution in [0.5, 0.6) is 0 Å². The number of anilines is 2. The van der Waals surface area contributed by atoms with Crippen LogP contribution in [0.15, 0.2) is 46.4 Å². The first-order valence-electron chi connectivity index (χ1n) is 9.99. The van der Waals surface area contributed by atoms with Crippen LogP contribution in [-0.4, -0.2) is 34.0 Å². The fraction of sp³-hybridized carbons (Fsp3) is 0.350. The van der Waals surface area contributed by atoms with E-state index in [9.17, 15) is 13.5 Å². The minimum atomic E-state index is -3.78. The lowest BCUT2D eigenvalue weighted by molar-refractivity contribution is 0.144. The molecule has 1 saturated carbocycles. The average molecular weight is 444 g/mol. The molecule has 1 atom stereocenters. The monoisotopic (exact) mass is 444 g/mol. The maximum absolute atomic E-state index is 15.1.